The van der Waals surface area contributed by atoms with Crippen molar-refractivity contribution in [2.45, 2.75) is 85.5 Å². The van der Waals surface area contributed by atoms with E-state index in [0.29, 0.717) is 12.8 Å². The summed E-state index contributed by atoms with van der Waals surface area (Å²) < 4.78 is 0. The summed E-state index contributed by atoms with van der Waals surface area (Å²) in [6.07, 6.45) is 9.55. The number of carboxylic acids is 2. The minimum Gasteiger partial charge on any atom is -0.478 e. The molecule has 138 valence electrons. The lowest BCUT2D eigenvalue weighted by atomic mass is 9.83. The summed E-state index contributed by atoms with van der Waals surface area (Å²) in [5, 5.41) is 19.3. The highest BCUT2D eigenvalue weighted by atomic mass is 16.4. The Bertz CT molecular complexity index is 460. The SMILES string of the molecule is CCCCCC=C(C(=O)O)C(C(=O)O)=C(CC)C(CC)CCCC. The fourth-order valence-electron chi connectivity index (χ4n) is 3.11. The van der Waals surface area contributed by atoms with Crippen molar-refractivity contribution >= 4 is 11.9 Å². The van der Waals surface area contributed by atoms with Gasteiger partial charge in [0.1, 0.15) is 0 Å². The van der Waals surface area contributed by atoms with Crippen LogP contribution in [-0.4, -0.2) is 22.2 Å². The second kappa shape index (κ2) is 12.8. The van der Waals surface area contributed by atoms with Crippen molar-refractivity contribution in [2.24, 2.45) is 5.92 Å². The van der Waals surface area contributed by atoms with Gasteiger partial charge in [-0.1, -0.05) is 65.0 Å². The third-order valence-electron chi connectivity index (χ3n) is 4.46. The minimum atomic E-state index is -1.14. The predicted molar refractivity (Wildman–Crippen MR) is 98.1 cm³/mol. The number of hydrogen-bond donors (Lipinski definition) is 2. The zero-order chi connectivity index (χ0) is 18.5. The number of carboxylic acid groups (broad SMARTS) is 2. The summed E-state index contributed by atoms with van der Waals surface area (Å²) in [6.45, 7) is 8.15. The smallest absolute Gasteiger partial charge is 0.336 e. The van der Waals surface area contributed by atoms with Crippen LogP contribution in [0.25, 0.3) is 0 Å². The quantitative estimate of drug-likeness (QED) is 0.261. The van der Waals surface area contributed by atoms with Crippen LogP contribution in [0.15, 0.2) is 22.8 Å². The first-order chi connectivity index (χ1) is 11.4. The average Bonchev–Trinajstić information content (AvgIpc) is 2.55. The van der Waals surface area contributed by atoms with E-state index in [2.05, 4.69) is 13.8 Å². The lowest BCUT2D eigenvalue weighted by Gasteiger charge is -2.21. The summed E-state index contributed by atoms with van der Waals surface area (Å²) >= 11 is 0. The van der Waals surface area contributed by atoms with E-state index in [9.17, 15) is 19.8 Å². The van der Waals surface area contributed by atoms with Crippen LogP contribution in [0.1, 0.15) is 85.5 Å². The van der Waals surface area contributed by atoms with E-state index in [0.717, 1.165) is 50.5 Å². The number of carbonyl (C=O) groups is 2. The molecule has 0 aliphatic heterocycles. The Morgan fingerprint density at radius 1 is 0.917 bits per heavy atom. The van der Waals surface area contributed by atoms with Gasteiger partial charge in [0.2, 0.25) is 0 Å². The fraction of sp³-hybridized carbons (Fsp3) is 0.700. The lowest BCUT2D eigenvalue weighted by molar-refractivity contribution is -0.136. The summed E-state index contributed by atoms with van der Waals surface area (Å²) in [5.74, 6) is -2.12. The second-order valence-electron chi connectivity index (χ2n) is 6.23. The molecular formula is C20H34O4. The number of unbranched alkanes of at least 4 members (excludes halogenated alkanes) is 4. The second-order valence-corrected chi connectivity index (χ2v) is 6.23. The van der Waals surface area contributed by atoms with Crippen LogP contribution in [0, 0.1) is 5.92 Å². The summed E-state index contributed by atoms with van der Waals surface area (Å²) in [7, 11) is 0. The van der Waals surface area contributed by atoms with Crippen LogP contribution in [0.3, 0.4) is 0 Å². The van der Waals surface area contributed by atoms with Gasteiger partial charge >= 0.3 is 11.9 Å². The van der Waals surface area contributed by atoms with E-state index < -0.39 is 11.9 Å². The van der Waals surface area contributed by atoms with Gasteiger partial charge in [-0.05, 0) is 38.0 Å². The molecule has 0 fully saturated rings. The summed E-state index contributed by atoms with van der Waals surface area (Å²) in [6, 6.07) is 0. The molecule has 4 nitrogen and oxygen atoms in total. The van der Waals surface area contributed by atoms with Gasteiger partial charge in [-0.2, -0.15) is 0 Å². The maximum atomic E-state index is 11.9. The van der Waals surface area contributed by atoms with Gasteiger partial charge in [0.05, 0.1) is 11.1 Å². The van der Waals surface area contributed by atoms with Crippen LogP contribution in [0.2, 0.25) is 0 Å². The van der Waals surface area contributed by atoms with Crippen molar-refractivity contribution in [2.75, 3.05) is 0 Å². The van der Waals surface area contributed by atoms with E-state index in [1.165, 1.54) is 0 Å². The molecule has 0 aromatic heterocycles. The van der Waals surface area contributed by atoms with E-state index in [4.69, 9.17) is 0 Å². The van der Waals surface area contributed by atoms with Gasteiger partial charge in [-0.3, -0.25) is 0 Å². The molecule has 1 unspecified atom stereocenters. The normalized spacial score (nSPS) is 14.2. The van der Waals surface area contributed by atoms with Crippen LogP contribution in [0.5, 0.6) is 0 Å². The zero-order valence-corrected chi connectivity index (χ0v) is 15.7. The Kier molecular flexibility index (Phi) is 12.0. The minimum absolute atomic E-state index is 0.0180. The molecule has 0 radical (unpaired) electrons. The maximum absolute atomic E-state index is 11.9. The largest absolute Gasteiger partial charge is 0.478 e. The molecular weight excluding hydrogens is 304 g/mol. The lowest BCUT2D eigenvalue weighted by Crippen LogP contribution is -2.17. The zero-order valence-electron chi connectivity index (χ0n) is 15.7. The van der Waals surface area contributed by atoms with Crippen molar-refractivity contribution in [1.29, 1.82) is 0 Å². The molecule has 0 aromatic carbocycles. The monoisotopic (exact) mass is 338 g/mol. The van der Waals surface area contributed by atoms with Gasteiger partial charge in [0.15, 0.2) is 0 Å². The molecule has 0 aliphatic carbocycles. The highest BCUT2D eigenvalue weighted by Gasteiger charge is 2.26. The first kappa shape index (κ1) is 22.4. The molecule has 0 rings (SSSR count). The summed E-state index contributed by atoms with van der Waals surface area (Å²) in [5.41, 5.74) is 0.762. The molecule has 0 spiro atoms. The molecule has 0 heterocycles. The molecule has 2 N–H and O–H groups in total. The molecule has 1 atom stereocenters. The first-order valence-electron chi connectivity index (χ1n) is 9.34. The Hall–Kier alpha value is -1.58. The van der Waals surface area contributed by atoms with Gasteiger partial charge < -0.3 is 10.2 Å². The molecule has 0 saturated carbocycles. The molecule has 4 heteroatoms. The van der Waals surface area contributed by atoms with Crippen molar-refractivity contribution in [1.82, 2.24) is 0 Å². The Balaban J connectivity index is 5.85. The van der Waals surface area contributed by atoms with E-state index in [1.807, 2.05) is 13.8 Å². The van der Waals surface area contributed by atoms with E-state index in [-0.39, 0.29) is 17.1 Å². The average molecular weight is 338 g/mol. The predicted octanol–water partition coefficient (Wildman–Crippen LogP) is 5.59. The molecule has 0 aliphatic rings. The first-order valence-corrected chi connectivity index (χ1v) is 9.34. The molecule has 0 aromatic rings. The van der Waals surface area contributed by atoms with E-state index in [1.54, 1.807) is 6.08 Å². The molecule has 24 heavy (non-hydrogen) atoms. The highest BCUT2D eigenvalue weighted by Crippen LogP contribution is 2.31. The maximum Gasteiger partial charge on any atom is 0.336 e. The highest BCUT2D eigenvalue weighted by molar-refractivity contribution is 6.06. The van der Waals surface area contributed by atoms with Crippen molar-refractivity contribution < 1.29 is 19.8 Å². The third kappa shape index (κ3) is 7.33. The molecule has 0 bridgehead atoms. The van der Waals surface area contributed by atoms with Crippen LogP contribution in [-0.2, 0) is 9.59 Å². The number of rotatable bonds is 13. The van der Waals surface area contributed by atoms with Gasteiger partial charge in [0.25, 0.3) is 0 Å². The van der Waals surface area contributed by atoms with Gasteiger partial charge in [-0.25, -0.2) is 9.59 Å². The van der Waals surface area contributed by atoms with Gasteiger partial charge in [0, 0.05) is 0 Å². The Labute approximate surface area is 146 Å². The Morgan fingerprint density at radius 2 is 1.54 bits per heavy atom. The van der Waals surface area contributed by atoms with Crippen molar-refractivity contribution in [3.05, 3.63) is 22.8 Å². The van der Waals surface area contributed by atoms with Crippen LogP contribution >= 0.6 is 0 Å². The number of allylic oxidation sites excluding steroid dienone is 2. The van der Waals surface area contributed by atoms with Crippen LogP contribution in [0.4, 0.5) is 0 Å². The Morgan fingerprint density at radius 3 is 1.96 bits per heavy atom. The standard InChI is InChI=1S/C20H34O4/c1-5-9-11-12-14-17(19(21)22)18(20(23)24)16(8-4)15(7-3)13-10-6-2/h14-15H,5-13H2,1-4H3,(H,21,22)(H,23,24). The number of aliphatic carboxylic acids is 2. The third-order valence-corrected chi connectivity index (χ3v) is 4.46. The van der Waals surface area contributed by atoms with Crippen LogP contribution < -0.4 is 0 Å². The molecule has 0 saturated heterocycles. The van der Waals surface area contributed by atoms with Crippen molar-refractivity contribution in [3.8, 4) is 0 Å². The number of hydrogen-bond acceptors (Lipinski definition) is 2. The fourth-order valence-corrected chi connectivity index (χ4v) is 3.11. The van der Waals surface area contributed by atoms with E-state index >= 15 is 0 Å². The topological polar surface area (TPSA) is 74.6 Å². The molecule has 0 amide bonds. The summed E-state index contributed by atoms with van der Waals surface area (Å²) in [4.78, 5) is 23.6. The van der Waals surface area contributed by atoms with Crippen molar-refractivity contribution in [3.63, 3.8) is 0 Å². The van der Waals surface area contributed by atoms with Gasteiger partial charge in [-0.15, -0.1) is 0 Å².